The Kier molecular flexibility index (Phi) is 4.40. The number of ether oxygens (including phenoxy) is 2. The fraction of sp³-hybridized carbons (Fsp3) is 0.0870. The SMILES string of the molecule is Cc1ccc(NC(=O)c2cccc3c2OC(F)(F)O3)cc1-c1ccc2nc(N)ncc2c1. The molecule has 1 aliphatic rings. The number of rotatable bonds is 3. The second kappa shape index (κ2) is 7.16. The lowest BCUT2D eigenvalue weighted by molar-refractivity contribution is -0.286. The lowest BCUT2D eigenvalue weighted by atomic mass is 9.98. The summed E-state index contributed by atoms with van der Waals surface area (Å²) in [7, 11) is 0. The van der Waals surface area contributed by atoms with Gasteiger partial charge in [0.1, 0.15) is 0 Å². The first-order valence-electron chi connectivity index (χ1n) is 9.63. The topological polar surface area (TPSA) is 99.4 Å². The molecule has 160 valence electrons. The number of nitrogens with one attached hydrogen (secondary N) is 1. The average Bonchev–Trinajstić information content (AvgIpc) is 3.08. The van der Waals surface area contributed by atoms with Gasteiger partial charge >= 0.3 is 6.29 Å². The molecule has 3 aromatic carbocycles. The molecule has 1 aromatic heterocycles. The normalized spacial score (nSPS) is 13.8. The van der Waals surface area contributed by atoms with E-state index in [1.54, 1.807) is 12.3 Å². The summed E-state index contributed by atoms with van der Waals surface area (Å²) in [5.74, 6) is -0.881. The van der Waals surface area contributed by atoms with Crippen LogP contribution in [0.4, 0.5) is 20.4 Å². The van der Waals surface area contributed by atoms with E-state index in [1.165, 1.54) is 18.2 Å². The second-order valence-electron chi connectivity index (χ2n) is 7.29. The minimum atomic E-state index is -3.81. The Morgan fingerprint density at radius 1 is 1.09 bits per heavy atom. The van der Waals surface area contributed by atoms with E-state index in [4.69, 9.17) is 5.73 Å². The number of nitrogens with two attached hydrogens (primary N) is 1. The number of carbonyl (C=O) groups is 1. The van der Waals surface area contributed by atoms with Gasteiger partial charge in [-0.25, -0.2) is 9.97 Å². The maximum atomic E-state index is 13.4. The van der Waals surface area contributed by atoms with Crippen LogP contribution in [0.3, 0.4) is 0 Å². The van der Waals surface area contributed by atoms with Gasteiger partial charge in [0.15, 0.2) is 11.5 Å². The van der Waals surface area contributed by atoms with Crippen LogP contribution in [-0.4, -0.2) is 22.2 Å². The second-order valence-corrected chi connectivity index (χ2v) is 7.29. The molecule has 5 rings (SSSR count). The van der Waals surface area contributed by atoms with Crippen molar-refractivity contribution in [2.45, 2.75) is 13.2 Å². The Labute approximate surface area is 180 Å². The highest BCUT2D eigenvalue weighted by molar-refractivity contribution is 6.07. The summed E-state index contributed by atoms with van der Waals surface area (Å²) in [5, 5.41) is 3.56. The molecule has 4 aromatic rings. The van der Waals surface area contributed by atoms with Gasteiger partial charge in [0.2, 0.25) is 5.95 Å². The van der Waals surface area contributed by atoms with Crippen LogP contribution in [0.15, 0.2) is 60.8 Å². The fourth-order valence-corrected chi connectivity index (χ4v) is 3.57. The number of halogens is 2. The number of carbonyl (C=O) groups excluding carboxylic acids is 1. The predicted molar refractivity (Wildman–Crippen MR) is 115 cm³/mol. The molecule has 7 nitrogen and oxygen atoms in total. The lowest BCUT2D eigenvalue weighted by Gasteiger charge is -2.12. The Morgan fingerprint density at radius 3 is 2.78 bits per heavy atom. The molecule has 1 aliphatic heterocycles. The molecule has 0 saturated heterocycles. The third kappa shape index (κ3) is 3.53. The number of benzene rings is 3. The summed E-state index contributed by atoms with van der Waals surface area (Å²) in [4.78, 5) is 21.0. The van der Waals surface area contributed by atoms with E-state index in [-0.39, 0.29) is 23.0 Å². The van der Waals surface area contributed by atoms with E-state index in [2.05, 4.69) is 24.8 Å². The van der Waals surface area contributed by atoms with Crippen LogP contribution in [0.1, 0.15) is 15.9 Å². The van der Waals surface area contributed by atoms with Crippen LogP contribution in [0, 0.1) is 6.92 Å². The van der Waals surface area contributed by atoms with Crippen LogP contribution >= 0.6 is 0 Å². The van der Waals surface area contributed by atoms with E-state index in [0.29, 0.717) is 5.69 Å². The Bertz CT molecular complexity index is 1390. The zero-order valence-electron chi connectivity index (χ0n) is 16.7. The van der Waals surface area contributed by atoms with Gasteiger partial charge in [-0.15, -0.1) is 8.78 Å². The van der Waals surface area contributed by atoms with E-state index >= 15 is 0 Å². The summed E-state index contributed by atoms with van der Waals surface area (Å²) in [6.45, 7) is 1.95. The van der Waals surface area contributed by atoms with Crippen LogP contribution in [0.25, 0.3) is 22.0 Å². The number of nitrogens with zero attached hydrogens (tertiary/aromatic N) is 2. The van der Waals surface area contributed by atoms with E-state index in [9.17, 15) is 13.6 Å². The monoisotopic (exact) mass is 434 g/mol. The summed E-state index contributed by atoms with van der Waals surface area (Å²) < 4.78 is 35.8. The summed E-state index contributed by atoms with van der Waals surface area (Å²) in [5.41, 5.74) is 9.56. The summed E-state index contributed by atoms with van der Waals surface area (Å²) in [6.07, 6.45) is -2.16. The van der Waals surface area contributed by atoms with Gasteiger partial charge in [0.05, 0.1) is 11.1 Å². The number of hydrogen-bond acceptors (Lipinski definition) is 6. The maximum Gasteiger partial charge on any atom is 0.586 e. The Hall–Kier alpha value is -4.27. The van der Waals surface area contributed by atoms with Crippen LogP contribution < -0.4 is 20.5 Å². The molecule has 0 aliphatic carbocycles. The number of hydrogen-bond donors (Lipinski definition) is 2. The van der Waals surface area contributed by atoms with Crippen molar-refractivity contribution >= 4 is 28.4 Å². The number of aryl methyl sites for hydroxylation is 1. The van der Waals surface area contributed by atoms with Gasteiger partial charge in [-0.2, -0.15) is 0 Å². The number of aromatic nitrogens is 2. The molecular weight excluding hydrogens is 418 g/mol. The van der Waals surface area contributed by atoms with Crippen molar-refractivity contribution in [2.75, 3.05) is 11.1 Å². The molecule has 0 saturated carbocycles. The Morgan fingerprint density at radius 2 is 1.94 bits per heavy atom. The van der Waals surface area contributed by atoms with Crippen molar-refractivity contribution < 1.29 is 23.0 Å². The molecule has 0 atom stereocenters. The number of anilines is 2. The van der Waals surface area contributed by atoms with Crippen LogP contribution in [0.2, 0.25) is 0 Å². The summed E-state index contributed by atoms with van der Waals surface area (Å²) >= 11 is 0. The molecule has 0 radical (unpaired) electrons. The van der Waals surface area contributed by atoms with Crippen LogP contribution in [0.5, 0.6) is 11.5 Å². The molecule has 1 amide bonds. The summed E-state index contributed by atoms with van der Waals surface area (Å²) in [6, 6.07) is 15.2. The van der Waals surface area contributed by atoms with E-state index < -0.39 is 12.2 Å². The first-order valence-corrected chi connectivity index (χ1v) is 9.63. The minimum absolute atomic E-state index is 0.0535. The molecule has 0 bridgehead atoms. The van der Waals surface area contributed by atoms with Crippen LogP contribution in [-0.2, 0) is 0 Å². The molecule has 32 heavy (non-hydrogen) atoms. The number of para-hydroxylation sites is 1. The standard InChI is InChI=1S/C23H16F2N4O3/c1-12-5-7-15(10-17(12)13-6-8-18-14(9-13)11-27-22(26)29-18)28-21(30)16-3-2-4-19-20(16)32-23(24,25)31-19/h2-11H,1H3,(H,28,30)(H2,26,27,29). The lowest BCUT2D eigenvalue weighted by Crippen LogP contribution is -2.26. The first kappa shape index (κ1) is 19.7. The average molecular weight is 434 g/mol. The smallest absolute Gasteiger partial charge is 0.395 e. The first-order chi connectivity index (χ1) is 15.3. The van der Waals surface area contributed by atoms with E-state index in [1.807, 2.05) is 37.3 Å². The molecule has 3 N–H and O–H groups in total. The number of alkyl halides is 2. The number of amides is 1. The molecular formula is C23H16F2N4O3. The minimum Gasteiger partial charge on any atom is -0.395 e. The van der Waals surface area contributed by atoms with Crippen molar-refractivity contribution in [3.63, 3.8) is 0 Å². The molecule has 0 unspecified atom stereocenters. The highest BCUT2D eigenvalue weighted by atomic mass is 19.3. The highest BCUT2D eigenvalue weighted by Crippen LogP contribution is 2.43. The highest BCUT2D eigenvalue weighted by Gasteiger charge is 2.45. The van der Waals surface area contributed by atoms with Gasteiger partial charge in [-0.05, 0) is 60.0 Å². The molecule has 2 heterocycles. The number of fused-ring (bicyclic) bond motifs is 2. The van der Waals surface area contributed by atoms with E-state index in [0.717, 1.165) is 27.6 Å². The molecule has 9 heteroatoms. The molecule has 0 spiro atoms. The van der Waals surface area contributed by atoms with Crippen molar-refractivity contribution in [3.8, 4) is 22.6 Å². The molecule has 0 fully saturated rings. The zero-order chi connectivity index (χ0) is 22.5. The largest absolute Gasteiger partial charge is 0.586 e. The zero-order valence-corrected chi connectivity index (χ0v) is 16.7. The third-order valence-electron chi connectivity index (χ3n) is 5.08. The maximum absolute atomic E-state index is 13.4. The third-order valence-corrected chi connectivity index (χ3v) is 5.08. The quantitative estimate of drug-likeness (QED) is 0.482. The van der Waals surface area contributed by atoms with Gasteiger partial charge in [0, 0.05) is 17.3 Å². The van der Waals surface area contributed by atoms with Crippen molar-refractivity contribution in [2.24, 2.45) is 0 Å². The van der Waals surface area contributed by atoms with Crippen molar-refractivity contribution in [1.29, 1.82) is 0 Å². The van der Waals surface area contributed by atoms with Gasteiger partial charge in [-0.3, -0.25) is 4.79 Å². The predicted octanol–water partition coefficient (Wildman–Crippen LogP) is 4.76. The van der Waals surface area contributed by atoms with Crippen molar-refractivity contribution in [1.82, 2.24) is 9.97 Å². The van der Waals surface area contributed by atoms with Crippen molar-refractivity contribution in [3.05, 3.63) is 71.9 Å². The van der Waals surface area contributed by atoms with Gasteiger partial charge < -0.3 is 20.5 Å². The fourth-order valence-electron chi connectivity index (χ4n) is 3.57. The van der Waals surface area contributed by atoms with Gasteiger partial charge in [-0.1, -0.05) is 18.2 Å². The Balaban J connectivity index is 1.46. The van der Waals surface area contributed by atoms with Gasteiger partial charge in [0.25, 0.3) is 5.91 Å². The number of nitrogen functional groups attached to an aromatic ring is 1.